The molecule has 0 spiro atoms. The Labute approximate surface area is 192 Å². The summed E-state index contributed by atoms with van der Waals surface area (Å²) in [6.45, 7) is 1.60. The Bertz CT molecular complexity index is 351. The van der Waals surface area contributed by atoms with E-state index in [1.807, 2.05) is 0 Å². The van der Waals surface area contributed by atoms with Crippen molar-refractivity contribution in [2.75, 3.05) is 13.1 Å². The Morgan fingerprint density at radius 1 is 0.833 bits per heavy atom. The zero-order chi connectivity index (χ0) is 16.6. The molecule has 0 aliphatic heterocycles. The molecule has 0 radical (unpaired) electrons. The number of ether oxygens (including phenoxy) is 1. The molecule has 0 aliphatic rings. The van der Waals surface area contributed by atoms with Gasteiger partial charge in [-0.3, -0.25) is 19.7 Å². The largest absolute Gasteiger partial charge is 1.00 e. The number of carboxylic acids is 1. The van der Waals surface area contributed by atoms with E-state index in [2.05, 4.69) is 17.0 Å². The zero-order valence-corrected chi connectivity index (χ0v) is 19.6. The molecule has 6 nitrogen and oxygen atoms in total. The molecule has 0 unspecified atom stereocenters. The van der Waals surface area contributed by atoms with Gasteiger partial charge in [0.05, 0.1) is 13.1 Å². The van der Waals surface area contributed by atoms with Gasteiger partial charge < -0.3 is 12.7 Å². The Kier molecular flexibility index (Phi) is 26.4. The van der Waals surface area contributed by atoms with Gasteiger partial charge in [0, 0.05) is 6.42 Å². The number of hydrogen-bond acceptors (Lipinski definition) is 5. The average molecular weight is 363 g/mol. The second kappa shape index (κ2) is 21.6. The molecule has 0 aliphatic carbocycles. The molecule has 8 heteroatoms. The van der Waals surface area contributed by atoms with E-state index in [0.717, 1.165) is 19.3 Å². The smallest absolute Gasteiger partial charge is 1.00 e. The van der Waals surface area contributed by atoms with Crippen molar-refractivity contribution in [1.82, 2.24) is 5.32 Å². The van der Waals surface area contributed by atoms with E-state index in [9.17, 15) is 14.4 Å². The van der Waals surface area contributed by atoms with Crippen LogP contribution in [-0.2, 0) is 19.1 Å². The zero-order valence-electron chi connectivity index (χ0n) is 17.6. The molecule has 0 atom stereocenters. The Morgan fingerprint density at radius 2 is 1.33 bits per heavy atom. The first-order valence-electron chi connectivity index (χ1n) is 8.22. The Balaban J connectivity index is -0.000000367. The van der Waals surface area contributed by atoms with Crippen LogP contribution in [0.1, 0.15) is 74.0 Å². The number of nitrogens with one attached hydrogen (secondary N) is 1. The topological polar surface area (TPSA) is 92.7 Å². The maximum Gasteiger partial charge on any atom is 1.00 e. The van der Waals surface area contributed by atoms with Crippen molar-refractivity contribution >= 4 is 17.9 Å². The number of carboxylic acid groups (broad SMARTS) is 1. The average Bonchev–Trinajstić information content (AvgIpc) is 2.45. The quantitative estimate of drug-likeness (QED) is 0.147. The van der Waals surface area contributed by atoms with Crippen LogP contribution in [0.5, 0.6) is 0 Å². The molecule has 2 N–H and O–H groups in total. The molecular weight excluding hydrogens is 332 g/mol. The van der Waals surface area contributed by atoms with Crippen LogP contribution in [0.3, 0.4) is 0 Å². The predicted octanol–water partition coefficient (Wildman–Crippen LogP) is -3.12. The van der Waals surface area contributed by atoms with Crippen molar-refractivity contribution in [2.24, 2.45) is 0 Å². The van der Waals surface area contributed by atoms with Gasteiger partial charge in [0.2, 0.25) is 0 Å². The first kappa shape index (κ1) is 29.3. The Hall–Kier alpha value is 0.570. The van der Waals surface area contributed by atoms with Crippen molar-refractivity contribution in [3.63, 3.8) is 0 Å². The molecule has 0 saturated carbocycles. The fourth-order valence-corrected chi connectivity index (χ4v) is 2.07. The van der Waals surface area contributed by atoms with Crippen molar-refractivity contribution < 1.29 is 86.2 Å². The predicted molar refractivity (Wildman–Crippen MR) is 85.7 cm³/mol. The molecule has 0 aromatic rings. The van der Waals surface area contributed by atoms with Crippen LogP contribution < -0.4 is 64.4 Å². The van der Waals surface area contributed by atoms with Gasteiger partial charge in [-0.15, -0.1) is 0 Å². The van der Waals surface area contributed by atoms with E-state index >= 15 is 0 Å². The van der Waals surface area contributed by atoms with Crippen LogP contribution in [0, 0.1) is 0 Å². The summed E-state index contributed by atoms with van der Waals surface area (Å²) in [5, 5.41) is 10.7. The first-order chi connectivity index (χ1) is 10.6. The molecule has 0 amide bonds. The molecule has 0 saturated heterocycles. The van der Waals surface area contributed by atoms with Crippen molar-refractivity contribution in [3.05, 3.63) is 0 Å². The van der Waals surface area contributed by atoms with E-state index in [1.165, 1.54) is 38.5 Å². The van der Waals surface area contributed by atoms with Crippen LogP contribution in [-0.4, -0.2) is 36.1 Å². The number of carbonyl (C=O) groups excluding carboxylic acids is 2. The fourth-order valence-electron chi connectivity index (χ4n) is 2.07. The molecular formula is C16H31NNa2O5. The van der Waals surface area contributed by atoms with Gasteiger partial charge in [-0.2, -0.15) is 0 Å². The van der Waals surface area contributed by atoms with Gasteiger partial charge in [-0.25, -0.2) is 0 Å². The van der Waals surface area contributed by atoms with Gasteiger partial charge >= 0.3 is 77.0 Å². The molecule has 0 aromatic carbocycles. The van der Waals surface area contributed by atoms with Crippen LogP contribution in [0.2, 0.25) is 0 Å². The summed E-state index contributed by atoms with van der Waals surface area (Å²) in [5.74, 6) is -2.33. The summed E-state index contributed by atoms with van der Waals surface area (Å²) in [6.07, 6.45) is 10.6. The second-order valence-corrected chi connectivity index (χ2v) is 5.42. The number of hydrogen-bond donors (Lipinski definition) is 2. The van der Waals surface area contributed by atoms with Crippen molar-refractivity contribution in [1.29, 1.82) is 0 Å². The van der Waals surface area contributed by atoms with E-state index in [1.54, 1.807) is 0 Å². The van der Waals surface area contributed by atoms with Crippen LogP contribution >= 0.6 is 0 Å². The molecule has 0 rings (SSSR count). The van der Waals surface area contributed by atoms with Crippen molar-refractivity contribution in [2.45, 2.75) is 71.1 Å². The van der Waals surface area contributed by atoms with Gasteiger partial charge in [-0.05, 0) is 6.42 Å². The minimum Gasteiger partial charge on any atom is -1.00 e. The minimum atomic E-state index is -1.06. The number of aliphatic carboxylic acids is 1. The summed E-state index contributed by atoms with van der Waals surface area (Å²) in [7, 11) is 0. The SMILES string of the molecule is CCCCCCCCCCCC(=O)OC(=O)CNCC(=O)O.[H-].[H-].[Na+].[Na+]. The van der Waals surface area contributed by atoms with Gasteiger partial charge in [-0.1, -0.05) is 58.3 Å². The normalized spacial score (nSPS) is 9.54. The molecule has 0 heterocycles. The van der Waals surface area contributed by atoms with Gasteiger partial charge in [0.15, 0.2) is 0 Å². The fraction of sp³-hybridized carbons (Fsp3) is 0.812. The molecule has 132 valence electrons. The van der Waals surface area contributed by atoms with E-state index in [-0.39, 0.29) is 81.5 Å². The second-order valence-electron chi connectivity index (χ2n) is 5.42. The van der Waals surface area contributed by atoms with E-state index in [0.29, 0.717) is 0 Å². The number of esters is 2. The summed E-state index contributed by atoms with van der Waals surface area (Å²) in [5.41, 5.74) is 0. The minimum absolute atomic E-state index is 0. The van der Waals surface area contributed by atoms with Gasteiger partial charge in [0.1, 0.15) is 0 Å². The van der Waals surface area contributed by atoms with E-state index in [4.69, 9.17) is 5.11 Å². The third kappa shape index (κ3) is 22.6. The summed E-state index contributed by atoms with van der Waals surface area (Å²) < 4.78 is 4.57. The number of carbonyl (C=O) groups is 3. The maximum atomic E-state index is 11.4. The molecule has 24 heavy (non-hydrogen) atoms. The molecule has 0 bridgehead atoms. The molecule has 0 aromatic heterocycles. The number of unbranched alkanes of at least 4 members (excludes halogenated alkanes) is 8. The summed E-state index contributed by atoms with van der Waals surface area (Å²) >= 11 is 0. The maximum absolute atomic E-state index is 11.4. The standard InChI is InChI=1S/C16H29NO5.2Na.2H/c1-2-3-4-5-6-7-8-9-10-11-15(20)22-16(21)13-17-12-14(18)19;;;;/h17H,2-13H2,1H3,(H,18,19);;;;/q;2*+1;2*-1. The summed E-state index contributed by atoms with van der Waals surface area (Å²) in [4.78, 5) is 32.8. The summed E-state index contributed by atoms with van der Waals surface area (Å²) in [6, 6.07) is 0. The van der Waals surface area contributed by atoms with Crippen molar-refractivity contribution in [3.8, 4) is 0 Å². The molecule has 0 fully saturated rings. The van der Waals surface area contributed by atoms with E-state index < -0.39 is 17.9 Å². The van der Waals surface area contributed by atoms with Crippen LogP contribution in [0.15, 0.2) is 0 Å². The number of rotatable bonds is 14. The van der Waals surface area contributed by atoms with Crippen LogP contribution in [0.4, 0.5) is 0 Å². The Morgan fingerprint density at radius 3 is 1.83 bits per heavy atom. The monoisotopic (exact) mass is 363 g/mol. The third-order valence-corrected chi connectivity index (χ3v) is 3.26. The third-order valence-electron chi connectivity index (χ3n) is 3.26. The first-order valence-corrected chi connectivity index (χ1v) is 8.22. The van der Waals surface area contributed by atoms with Crippen LogP contribution in [0.25, 0.3) is 0 Å². The van der Waals surface area contributed by atoms with Gasteiger partial charge in [0.25, 0.3) is 0 Å².